The van der Waals surface area contributed by atoms with Crippen LogP contribution in [0.2, 0.25) is 25.7 Å². The summed E-state index contributed by atoms with van der Waals surface area (Å²) in [7, 11) is -1.35. The SMILES string of the molecule is C[Si](C)(C)CCO[C@@H]1O[C@@H]2COC(c3ccccc3)O[C@@H]2[C@H](O)[C@H]1OC(=O)c1ccccc1. The maximum absolute atomic E-state index is 12.8. The highest BCUT2D eigenvalue weighted by atomic mass is 28.3. The van der Waals surface area contributed by atoms with Gasteiger partial charge in [0.15, 0.2) is 18.7 Å². The van der Waals surface area contributed by atoms with Gasteiger partial charge in [-0.05, 0) is 18.2 Å². The van der Waals surface area contributed by atoms with Crippen molar-refractivity contribution in [3.63, 3.8) is 0 Å². The fourth-order valence-corrected chi connectivity index (χ4v) is 4.58. The standard InChI is InChI=1S/C25H32O7Si/c1-33(2,3)15-14-28-25-22(31-23(27)17-10-6-4-7-11-17)20(26)21-19(30-25)16-29-24(32-21)18-12-8-5-9-13-18/h4-13,19-22,24-26H,14-16H2,1-3H3/t19-,20+,21+,22-,24?,25-/m1/s1. The number of esters is 1. The van der Waals surface area contributed by atoms with E-state index in [4.69, 9.17) is 23.7 Å². The normalized spacial score (nSPS) is 29.8. The Kier molecular flexibility index (Phi) is 7.63. The van der Waals surface area contributed by atoms with Crippen LogP contribution < -0.4 is 0 Å². The number of rotatable bonds is 7. The van der Waals surface area contributed by atoms with Gasteiger partial charge in [-0.1, -0.05) is 68.2 Å². The Bertz CT molecular complexity index is 902. The van der Waals surface area contributed by atoms with Crippen molar-refractivity contribution >= 4 is 14.0 Å². The van der Waals surface area contributed by atoms with Crippen LogP contribution in [0.15, 0.2) is 60.7 Å². The Labute approximate surface area is 195 Å². The fourth-order valence-electron chi connectivity index (χ4n) is 3.85. The first-order valence-corrected chi connectivity index (χ1v) is 15.1. The van der Waals surface area contributed by atoms with Gasteiger partial charge in [-0.3, -0.25) is 0 Å². The minimum atomic E-state index is -1.35. The van der Waals surface area contributed by atoms with E-state index >= 15 is 0 Å². The first-order chi connectivity index (χ1) is 15.8. The molecule has 0 saturated carbocycles. The maximum atomic E-state index is 12.8. The van der Waals surface area contributed by atoms with Gasteiger partial charge in [-0.15, -0.1) is 0 Å². The molecule has 2 aromatic carbocycles. The van der Waals surface area contributed by atoms with E-state index in [1.807, 2.05) is 36.4 Å². The molecular formula is C25H32O7Si. The molecule has 33 heavy (non-hydrogen) atoms. The van der Waals surface area contributed by atoms with E-state index in [1.165, 1.54) is 0 Å². The average Bonchev–Trinajstić information content (AvgIpc) is 2.81. The molecule has 178 valence electrons. The Morgan fingerprint density at radius 1 is 1.03 bits per heavy atom. The quantitative estimate of drug-likeness (QED) is 0.485. The van der Waals surface area contributed by atoms with Crippen molar-refractivity contribution in [3.8, 4) is 0 Å². The molecule has 0 bridgehead atoms. The molecule has 4 rings (SSSR count). The number of fused-ring (bicyclic) bond motifs is 1. The second kappa shape index (κ2) is 10.5. The van der Waals surface area contributed by atoms with E-state index in [1.54, 1.807) is 24.3 Å². The summed E-state index contributed by atoms with van der Waals surface area (Å²) in [5, 5.41) is 11.2. The van der Waals surface area contributed by atoms with Crippen LogP contribution in [0.4, 0.5) is 0 Å². The van der Waals surface area contributed by atoms with Crippen LogP contribution in [0.25, 0.3) is 0 Å². The molecular weight excluding hydrogens is 440 g/mol. The minimum absolute atomic E-state index is 0.231. The van der Waals surface area contributed by atoms with E-state index in [2.05, 4.69) is 19.6 Å². The minimum Gasteiger partial charge on any atom is -0.450 e. The molecule has 2 saturated heterocycles. The van der Waals surface area contributed by atoms with Gasteiger partial charge in [0.05, 0.1) is 12.2 Å². The van der Waals surface area contributed by atoms with E-state index in [-0.39, 0.29) is 6.61 Å². The molecule has 0 spiro atoms. The molecule has 7 nitrogen and oxygen atoms in total. The molecule has 0 radical (unpaired) electrons. The lowest BCUT2D eigenvalue weighted by atomic mass is 9.97. The number of carbonyl (C=O) groups is 1. The monoisotopic (exact) mass is 472 g/mol. The lowest BCUT2D eigenvalue weighted by Crippen LogP contribution is -2.63. The summed E-state index contributed by atoms with van der Waals surface area (Å²) in [6, 6.07) is 19.1. The number of hydrogen-bond donors (Lipinski definition) is 1. The summed E-state index contributed by atoms with van der Waals surface area (Å²) >= 11 is 0. The molecule has 2 aliphatic rings. The smallest absolute Gasteiger partial charge is 0.338 e. The summed E-state index contributed by atoms with van der Waals surface area (Å²) in [6.45, 7) is 7.44. The highest BCUT2D eigenvalue weighted by molar-refractivity contribution is 6.76. The van der Waals surface area contributed by atoms with Gasteiger partial charge >= 0.3 is 5.97 Å². The van der Waals surface area contributed by atoms with Crippen LogP contribution in [0.1, 0.15) is 22.2 Å². The van der Waals surface area contributed by atoms with Gasteiger partial charge in [-0.25, -0.2) is 4.79 Å². The van der Waals surface area contributed by atoms with E-state index < -0.39 is 51.0 Å². The van der Waals surface area contributed by atoms with Crippen LogP contribution >= 0.6 is 0 Å². The first kappa shape index (κ1) is 24.1. The number of aliphatic hydroxyl groups excluding tert-OH is 1. The first-order valence-electron chi connectivity index (χ1n) is 11.3. The predicted octanol–water partition coefficient (Wildman–Crippen LogP) is 3.77. The van der Waals surface area contributed by atoms with Gasteiger partial charge in [0.2, 0.25) is 0 Å². The number of hydrogen-bond acceptors (Lipinski definition) is 7. The van der Waals surface area contributed by atoms with E-state index in [9.17, 15) is 9.90 Å². The molecule has 2 fully saturated rings. The maximum Gasteiger partial charge on any atom is 0.338 e. The number of ether oxygens (including phenoxy) is 5. The molecule has 0 aliphatic carbocycles. The molecule has 1 N–H and O–H groups in total. The third-order valence-corrected chi connectivity index (χ3v) is 7.47. The molecule has 6 atom stereocenters. The highest BCUT2D eigenvalue weighted by Crippen LogP contribution is 2.35. The zero-order valence-corrected chi connectivity index (χ0v) is 20.3. The molecule has 8 heteroatoms. The Morgan fingerprint density at radius 3 is 2.36 bits per heavy atom. The van der Waals surface area contributed by atoms with Crippen LogP contribution in [0.5, 0.6) is 0 Å². The topological polar surface area (TPSA) is 83.5 Å². The number of aliphatic hydroxyl groups is 1. The fraction of sp³-hybridized carbons (Fsp3) is 0.480. The van der Waals surface area contributed by atoms with E-state index in [0.717, 1.165) is 11.6 Å². The molecule has 1 unspecified atom stereocenters. The molecule has 2 aliphatic heterocycles. The van der Waals surface area contributed by atoms with Gasteiger partial charge in [0.1, 0.15) is 18.3 Å². The van der Waals surface area contributed by atoms with Crippen molar-refractivity contribution in [1.82, 2.24) is 0 Å². The molecule has 0 aromatic heterocycles. The summed E-state index contributed by atoms with van der Waals surface area (Å²) in [5.41, 5.74) is 1.23. The summed E-state index contributed by atoms with van der Waals surface area (Å²) in [4.78, 5) is 12.8. The van der Waals surface area contributed by atoms with Crippen LogP contribution in [0.3, 0.4) is 0 Å². The lowest BCUT2D eigenvalue weighted by molar-refractivity contribution is -0.360. The average molecular weight is 473 g/mol. The molecule has 2 aromatic rings. The van der Waals surface area contributed by atoms with Crippen molar-refractivity contribution in [2.45, 2.75) is 62.7 Å². The second-order valence-corrected chi connectivity index (χ2v) is 15.2. The third kappa shape index (κ3) is 6.09. The van der Waals surface area contributed by atoms with E-state index in [0.29, 0.717) is 12.2 Å². The number of benzene rings is 2. The van der Waals surface area contributed by atoms with Crippen LogP contribution in [0, 0.1) is 0 Å². The summed E-state index contributed by atoms with van der Waals surface area (Å²) < 4.78 is 29.8. The second-order valence-electron chi connectivity index (χ2n) is 9.63. The van der Waals surface area contributed by atoms with Crippen molar-refractivity contribution in [3.05, 3.63) is 71.8 Å². The number of carbonyl (C=O) groups excluding carboxylic acids is 1. The third-order valence-electron chi connectivity index (χ3n) is 5.77. The molecule has 0 amide bonds. The predicted molar refractivity (Wildman–Crippen MR) is 124 cm³/mol. The van der Waals surface area contributed by atoms with Gasteiger partial charge in [-0.2, -0.15) is 0 Å². The van der Waals surface area contributed by atoms with Crippen LogP contribution in [-0.2, 0) is 23.7 Å². The highest BCUT2D eigenvalue weighted by Gasteiger charge is 2.51. The largest absolute Gasteiger partial charge is 0.450 e. The summed E-state index contributed by atoms with van der Waals surface area (Å²) in [6.07, 6.45) is -4.98. The Balaban J connectivity index is 1.50. The van der Waals surface area contributed by atoms with Crippen molar-refractivity contribution in [2.75, 3.05) is 13.2 Å². The van der Waals surface area contributed by atoms with Gasteiger partial charge < -0.3 is 28.8 Å². The van der Waals surface area contributed by atoms with Crippen molar-refractivity contribution < 1.29 is 33.6 Å². The van der Waals surface area contributed by atoms with Crippen molar-refractivity contribution in [2.24, 2.45) is 0 Å². The van der Waals surface area contributed by atoms with Crippen molar-refractivity contribution in [1.29, 1.82) is 0 Å². The summed E-state index contributed by atoms with van der Waals surface area (Å²) in [5.74, 6) is -0.549. The Morgan fingerprint density at radius 2 is 1.70 bits per heavy atom. The molecule has 2 heterocycles. The zero-order valence-electron chi connectivity index (χ0n) is 19.3. The van der Waals surface area contributed by atoms with Crippen LogP contribution in [-0.4, -0.2) is 63.1 Å². The Hall–Kier alpha value is -2.07. The van der Waals surface area contributed by atoms with Gasteiger partial charge in [0, 0.05) is 20.2 Å². The zero-order chi connectivity index (χ0) is 23.4. The lowest BCUT2D eigenvalue weighted by Gasteiger charge is -2.47. The van der Waals surface area contributed by atoms with Gasteiger partial charge in [0.25, 0.3) is 0 Å².